The number of likely N-dealkylation sites (tertiary alicyclic amines) is 1. The lowest BCUT2D eigenvalue weighted by Crippen LogP contribution is -2.38. The van der Waals surface area contributed by atoms with Gasteiger partial charge in [0, 0.05) is 24.5 Å². The topological polar surface area (TPSA) is 104 Å². The van der Waals surface area contributed by atoms with Crippen LogP contribution in [0.3, 0.4) is 0 Å². The third-order valence-corrected chi connectivity index (χ3v) is 4.80. The van der Waals surface area contributed by atoms with Crippen LogP contribution in [0.1, 0.15) is 55.2 Å². The van der Waals surface area contributed by atoms with Crippen LogP contribution in [-0.2, 0) is 4.79 Å². The first-order valence-corrected chi connectivity index (χ1v) is 9.85. The molecular weight excluding hydrogens is 372 g/mol. The maximum absolute atomic E-state index is 12.4. The van der Waals surface area contributed by atoms with Crippen LogP contribution in [-0.4, -0.2) is 46.4 Å². The molecule has 1 aliphatic rings. The van der Waals surface area contributed by atoms with Crippen molar-refractivity contribution in [3.8, 4) is 5.75 Å². The van der Waals surface area contributed by atoms with Gasteiger partial charge in [0.1, 0.15) is 11.4 Å². The van der Waals surface area contributed by atoms with E-state index in [1.54, 1.807) is 30.3 Å². The van der Waals surface area contributed by atoms with Crippen LogP contribution in [0.15, 0.2) is 35.1 Å². The normalized spacial score (nSPS) is 14.0. The largest absolute Gasteiger partial charge is 0.484 e. The number of amides is 2. The zero-order valence-corrected chi connectivity index (χ0v) is 16.7. The highest BCUT2D eigenvalue weighted by atomic mass is 16.5. The molecule has 0 radical (unpaired) electrons. The summed E-state index contributed by atoms with van der Waals surface area (Å²) in [6, 6.07) is 8.29. The first kappa shape index (κ1) is 20.6. The first-order valence-electron chi connectivity index (χ1n) is 9.85. The zero-order valence-electron chi connectivity index (χ0n) is 16.7. The minimum Gasteiger partial charge on any atom is -0.484 e. The van der Waals surface area contributed by atoms with E-state index in [1.807, 2.05) is 18.7 Å². The van der Waals surface area contributed by atoms with Crippen molar-refractivity contribution in [2.75, 3.05) is 25.0 Å². The number of H-pyrrole nitrogens is 1. The highest BCUT2D eigenvalue weighted by Gasteiger charge is 2.17. The second-order valence-electron chi connectivity index (χ2n) is 7.39. The number of nitrogens with zero attached hydrogens (tertiary/aromatic N) is 2. The lowest BCUT2D eigenvalue weighted by molar-refractivity contribution is -0.134. The van der Waals surface area contributed by atoms with E-state index in [0.29, 0.717) is 17.1 Å². The average molecular weight is 398 g/mol. The number of rotatable bonds is 6. The number of aromatic amines is 1. The molecule has 0 aliphatic carbocycles. The average Bonchev–Trinajstić information content (AvgIpc) is 2.73. The SMILES string of the molecule is CC(C)c1cc(C(=O)Nc2ccc(OCC(=O)N3CCCCC3)cc2)nc(=O)[nH]1. The molecule has 0 atom stereocenters. The van der Waals surface area contributed by atoms with Gasteiger partial charge in [-0.1, -0.05) is 13.8 Å². The van der Waals surface area contributed by atoms with Gasteiger partial charge in [-0.25, -0.2) is 4.79 Å². The van der Waals surface area contributed by atoms with Gasteiger partial charge in [0.2, 0.25) is 0 Å². The van der Waals surface area contributed by atoms with Crippen LogP contribution >= 0.6 is 0 Å². The Bertz CT molecular complexity index is 915. The molecule has 0 saturated carbocycles. The van der Waals surface area contributed by atoms with E-state index in [1.165, 1.54) is 6.42 Å². The number of carbonyl (C=O) groups excluding carboxylic acids is 2. The second kappa shape index (κ2) is 9.36. The van der Waals surface area contributed by atoms with Gasteiger partial charge in [0.05, 0.1) is 0 Å². The van der Waals surface area contributed by atoms with Gasteiger partial charge < -0.3 is 19.9 Å². The van der Waals surface area contributed by atoms with E-state index in [4.69, 9.17) is 4.74 Å². The molecule has 154 valence electrons. The predicted molar refractivity (Wildman–Crippen MR) is 109 cm³/mol. The summed E-state index contributed by atoms with van der Waals surface area (Å²) in [6.07, 6.45) is 3.26. The Balaban J connectivity index is 1.57. The number of hydrogen-bond donors (Lipinski definition) is 2. The summed E-state index contributed by atoms with van der Waals surface area (Å²) in [5.41, 5.74) is 0.698. The maximum atomic E-state index is 12.4. The number of ether oxygens (including phenoxy) is 1. The number of nitrogens with one attached hydrogen (secondary N) is 2. The summed E-state index contributed by atoms with van der Waals surface area (Å²) in [7, 11) is 0. The maximum Gasteiger partial charge on any atom is 0.345 e. The summed E-state index contributed by atoms with van der Waals surface area (Å²) in [5, 5.41) is 2.71. The Morgan fingerprint density at radius 2 is 1.86 bits per heavy atom. The molecule has 1 fully saturated rings. The van der Waals surface area contributed by atoms with E-state index in [-0.39, 0.29) is 24.1 Å². The fourth-order valence-corrected chi connectivity index (χ4v) is 3.11. The van der Waals surface area contributed by atoms with E-state index >= 15 is 0 Å². The number of carbonyl (C=O) groups is 2. The highest BCUT2D eigenvalue weighted by molar-refractivity contribution is 6.02. The Morgan fingerprint density at radius 1 is 1.17 bits per heavy atom. The van der Waals surface area contributed by atoms with Crippen molar-refractivity contribution in [3.05, 3.63) is 52.2 Å². The molecule has 0 unspecified atom stereocenters. The molecule has 0 bridgehead atoms. The summed E-state index contributed by atoms with van der Waals surface area (Å²) >= 11 is 0. The van der Waals surface area contributed by atoms with Gasteiger partial charge in [-0.15, -0.1) is 0 Å². The number of hydrogen-bond acceptors (Lipinski definition) is 5. The van der Waals surface area contributed by atoms with E-state index in [0.717, 1.165) is 25.9 Å². The van der Waals surface area contributed by atoms with Gasteiger partial charge in [-0.3, -0.25) is 9.59 Å². The number of anilines is 1. The van der Waals surface area contributed by atoms with E-state index in [9.17, 15) is 14.4 Å². The summed E-state index contributed by atoms with van der Waals surface area (Å²) in [6.45, 7) is 5.42. The molecule has 2 N–H and O–H groups in total. The molecule has 0 spiro atoms. The molecule has 2 heterocycles. The Kier molecular flexibility index (Phi) is 6.64. The Hall–Kier alpha value is -3.16. The zero-order chi connectivity index (χ0) is 20.8. The van der Waals surface area contributed by atoms with Crippen LogP contribution < -0.4 is 15.7 Å². The lowest BCUT2D eigenvalue weighted by Gasteiger charge is -2.26. The van der Waals surface area contributed by atoms with Crippen molar-refractivity contribution in [2.24, 2.45) is 0 Å². The van der Waals surface area contributed by atoms with E-state index in [2.05, 4.69) is 15.3 Å². The monoisotopic (exact) mass is 398 g/mol. The van der Waals surface area contributed by atoms with Crippen molar-refractivity contribution >= 4 is 17.5 Å². The Morgan fingerprint density at radius 3 is 2.52 bits per heavy atom. The molecule has 8 nitrogen and oxygen atoms in total. The predicted octanol–water partition coefficient (Wildman–Crippen LogP) is 2.54. The smallest absolute Gasteiger partial charge is 0.345 e. The molecule has 2 aromatic rings. The van der Waals surface area contributed by atoms with Gasteiger partial charge in [0.15, 0.2) is 6.61 Å². The molecule has 1 aromatic carbocycles. The summed E-state index contributed by atoms with van der Waals surface area (Å²) in [5.74, 6) is 0.140. The third kappa shape index (κ3) is 5.66. The molecule has 1 aromatic heterocycles. The molecular formula is C21H26N4O4. The van der Waals surface area contributed by atoms with Crippen LogP contribution in [0.5, 0.6) is 5.75 Å². The quantitative estimate of drug-likeness (QED) is 0.778. The third-order valence-electron chi connectivity index (χ3n) is 4.80. The summed E-state index contributed by atoms with van der Waals surface area (Å²) in [4.78, 5) is 44.4. The fourth-order valence-electron chi connectivity index (χ4n) is 3.11. The van der Waals surface area contributed by atoms with Gasteiger partial charge in [0.25, 0.3) is 11.8 Å². The molecule has 8 heteroatoms. The van der Waals surface area contributed by atoms with Crippen LogP contribution in [0.2, 0.25) is 0 Å². The van der Waals surface area contributed by atoms with E-state index < -0.39 is 11.6 Å². The van der Waals surface area contributed by atoms with Crippen LogP contribution in [0, 0.1) is 0 Å². The van der Waals surface area contributed by atoms with Crippen molar-refractivity contribution in [2.45, 2.75) is 39.0 Å². The number of benzene rings is 1. The molecule has 29 heavy (non-hydrogen) atoms. The molecule has 3 rings (SSSR count). The van der Waals surface area contributed by atoms with Gasteiger partial charge in [-0.2, -0.15) is 4.98 Å². The molecule has 1 saturated heterocycles. The molecule has 1 aliphatic heterocycles. The fraction of sp³-hybridized carbons (Fsp3) is 0.429. The standard InChI is InChI=1S/C21H26N4O4/c1-14(2)17-12-18(24-21(28)23-17)20(27)22-15-6-8-16(9-7-15)29-13-19(26)25-10-4-3-5-11-25/h6-9,12,14H,3-5,10-11,13H2,1-2H3,(H,22,27)(H,23,24,28). The van der Waals surface area contributed by atoms with Crippen LogP contribution in [0.4, 0.5) is 5.69 Å². The van der Waals surface area contributed by atoms with Crippen molar-refractivity contribution in [1.29, 1.82) is 0 Å². The van der Waals surface area contributed by atoms with Gasteiger partial charge in [-0.05, 0) is 55.5 Å². The summed E-state index contributed by atoms with van der Waals surface area (Å²) < 4.78 is 5.56. The van der Waals surface area contributed by atoms with Crippen molar-refractivity contribution in [3.63, 3.8) is 0 Å². The second-order valence-corrected chi connectivity index (χ2v) is 7.39. The van der Waals surface area contributed by atoms with Gasteiger partial charge >= 0.3 is 5.69 Å². The van der Waals surface area contributed by atoms with Crippen molar-refractivity contribution in [1.82, 2.24) is 14.9 Å². The van der Waals surface area contributed by atoms with Crippen molar-refractivity contribution < 1.29 is 14.3 Å². The minimum atomic E-state index is -0.552. The molecule has 2 amide bonds. The minimum absolute atomic E-state index is 0.000394. The lowest BCUT2D eigenvalue weighted by atomic mass is 10.1. The number of aromatic nitrogens is 2. The highest BCUT2D eigenvalue weighted by Crippen LogP contribution is 2.17. The first-order chi connectivity index (χ1) is 13.9. The Labute approximate surface area is 169 Å². The van der Waals surface area contributed by atoms with Crippen LogP contribution in [0.25, 0.3) is 0 Å². The number of piperidine rings is 1.